The Bertz CT molecular complexity index is 357. The van der Waals surface area contributed by atoms with Crippen molar-refractivity contribution in [2.75, 3.05) is 0 Å². The molecule has 1 aliphatic rings. The van der Waals surface area contributed by atoms with Crippen molar-refractivity contribution >= 4 is 21.7 Å². The van der Waals surface area contributed by atoms with Crippen LogP contribution in [-0.2, 0) is 6.42 Å². The monoisotopic (exact) mass is 238 g/mol. The van der Waals surface area contributed by atoms with Crippen LogP contribution in [0.15, 0.2) is 22.7 Å². The lowest BCUT2D eigenvalue weighted by molar-refractivity contribution is 0.0953. The summed E-state index contributed by atoms with van der Waals surface area (Å²) in [5.74, 6) is 0.788. The van der Waals surface area contributed by atoms with Gasteiger partial charge in [-0.15, -0.1) is 0 Å². The summed E-state index contributed by atoms with van der Waals surface area (Å²) in [6.07, 6.45) is 1.73. The number of rotatable bonds is 0. The van der Waals surface area contributed by atoms with Crippen molar-refractivity contribution < 1.29 is 4.79 Å². The van der Waals surface area contributed by atoms with Crippen molar-refractivity contribution in [3.05, 3.63) is 33.8 Å². The Morgan fingerprint density at radius 3 is 2.92 bits per heavy atom. The van der Waals surface area contributed by atoms with Crippen LogP contribution >= 0.6 is 15.9 Å². The maximum atomic E-state index is 11.6. The first kappa shape index (κ1) is 8.95. The van der Waals surface area contributed by atoms with Crippen molar-refractivity contribution in [1.82, 2.24) is 0 Å². The van der Waals surface area contributed by atoms with Crippen molar-refractivity contribution in [2.24, 2.45) is 5.92 Å². The quantitative estimate of drug-likeness (QED) is 0.679. The van der Waals surface area contributed by atoms with Gasteiger partial charge in [-0.1, -0.05) is 28.9 Å². The predicted molar refractivity (Wildman–Crippen MR) is 56.0 cm³/mol. The predicted octanol–water partition coefficient (Wildman–Crippen LogP) is 3.21. The van der Waals surface area contributed by atoms with Crippen LogP contribution in [0.1, 0.15) is 29.3 Å². The van der Waals surface area contributed by atoms with E-state index in [-0.39, 0.29) is 5.78 Å². The van der Waals surface area contributed by atoms with Gasteiger partial charge in [0.05, 0.1) is 0 Å². The first-order valence-electron chi connectivity index (χ1n) is 4.48. The zero-order valence-electron chi connectivity index (χ0n) is 7.51. The number of benzene rings is 1. The number of halogens is 1. The zero-order chi connectivity index (χ0) is 9.42. The molecule has 0 saturated heterocycles. The van der Waals surface area contributed by atoms with E-state index in [0.29, 0.717) is 12.3 Å². The fraction of sp³-hybridized carbons (Fsp3) is 0.364. The van der Waals surface area contributed by atoms with Crippen molar-refractivity contribution in [1.29, 1.82) is 0 Å². The molecule has 2 rings (SSSR count). The lowest BCUT2D eigenvalue weighted by Gasteiger charge is -2.20. The third-order valence-electron chi connectivity index (χ3n) is 2.47. The van der Waals surface area contributed by atoms with E-state index < -0.39 is 0 Å². The van der Waals surface area contributed by atoms with E-state index in [9.17, 15) is 4.79 Å². The van der Waals surface area contributed by atoms with Crippen LogP contribution in [0.3, 0.4) is 0 Å². The third kappa shape index (κ3) is 1.68. The molecule has 0 bridgehead atoms. The topological polar surface area (TPSA) is 17.1 Å². The molecule has 1 aromatic rings. The van der Waals surface area contributed by atoms with Crippen molar-refractivity contribution in [2.45, 2.75) is 19.8 Å². The van der Waals surface area contributed by atoms with E-state index in [1.807, 2.05) is 18.2 Å². The van der Waals surface area contributed by atoms with Gasteiger partial charge in [0.15, 0.2) is 5.78 Å². The van der Waals surface area contributed by atoms with Crippen LogP contribution in [0.2, 0.25) is 0 Å². The fourth-order valence-corrected chi connectivity index (χ4v) is 2.22. The second-order valence-corrected chi connectivity index (χ2v) is 4.65. The minimum atomic E-state index is 0.287. The van der Waals surface area contributed by atoms with Crippen LogP contribution in [0.4, 0.5) is 0 Å². The molecule has 1 atom stereocenters. The van der Waals surface area contributed by atoms with Gasteiger partial charge < -0.3 is 0 Å². The molecule has 0 radical (unpaired) electrons. The molecule has 1 nitrogen and oxygen atoms in total. The van der Waals surface area contributed by atoms with Gasteiger partial charge in [-0.25, -0.2) is 0 Å². The molecule has 1 unspecified atom stereocenters. The first-order valence-corrected chi connectivity index (χ1v) is 5.28. The number of hydrogen-bond acceptors (Lipinski definition) is 1. The van der Waals surface area contributed by atoms with Gasteiger partial charge in [-0.2, -0.15) is 0 Å². The minimum Gasteiger partial charge on any atom is -0.294 e. The van der Waals surface area contributed by atoms with Crippen LogP contribution in [-0.4, -0.2) is 5.78 Å². The number of fused-ring (bicyclic) bond motifs is 1. The van der Waals surface area contributed by atoms with E-state index in [2.05, 4.69) is 22.9 Å². The third-order valence-corrected chi connectivity index (χ3v) is 2.97. The SMILES string of the molecule is CC1CC(=O)c2cc(Br)ccc2C1. The Kier molecular flexibility index (Phi) is 2.24. The molecule has 0 aliphatic heterocycles. The van der Waals surface area contributed by atoms with E-state index in [0.717, 1.165) is 16.5 Å². The lowest BCUT2D eigenvalue weighted by Crippen LogP contribution is -2.17. The number of ketones is 1. The summed E-state index contributed by atoms with van der Waals surface area (Å²) in [5, 5.41) is 0. The Morgan fingerprint density at radius 2 is 2.15 bits per heavy atom. The van der Waals surface area contributed by atoms with Crippen LogP contribution in [0.25, 0.3) is 0 Å². The summed E-state index contributed by atoms with van der Waals surface area (Å²) < 4.78 is 0.995. The Hall–Kier alpha value is -0.630. The molecule has 0 saturated carbocycles. The summed E-state index contributed by atoms with van der Waals surface area (Å²) >= 11 is 3.38. The molecular formula is C11H11BrO. The van der Waals surface area contributed by atoms with E-state index >= 15 is 0 Å². The van der Waals surface area contributed by atoms with Crippen molar-refractivity contribution in [3.8, 4) is 0 Å². The van der Waals surface area contributed by atoms with Crippen LogP contribution in [0.5, 0.6) is 0 Å². The van der Waals surface area contributed by atoms with Gasteiger partial charge in [-0.05, 0) is 30.0 Å². The van der Waals surface area contributed by atoms with Crippen LogP contribution < -0.4 is 0 Å². The largest absolute Gasteiger partial charge is 0.294 e. The normalized spacial score (nSPS) is 21.4. The fourth-order valence-electron chi connectivity index (χ4n) is 1.86. The lowest BCUT2D eigenvalue weighted by atomic mass is 9.84. The molecule has 0 spiro atoms. The van der Waals surface area contributed by atoms with Gasteiger partial charge in [0.25, 0.3) is 0 Å². The molecule has 0 fully saturated rings. The Balaban J connectivity index is 2.49. The smallest absolute Gasteiger partial charge is 0.163 e. The Labute approximate surface area is 86.3 Å². The number of hydrogen-bond donors (Lipinski definition) is 0. The maximum absolute atomic E-state index is 11.6. The first-order chi connectivity index (χ1) is 6.16. The van der Waals surface area contributed by atoms with Gasteiger partial charge >= 0.3 is 0 Å². The molecular weight excluding hydrogens is 228 g/mol. The van der Waals surface area contributed by atoms with Gasteiger partial charge in [-0.3, -0.25) is 4.79 Å². The molecule has 1 aliphatic carbocycles. The number of carbonyl (C=O) groups excluding carboxylic acids is 1. The van der Waals surface area contributed by atoms with Crippen molar-refractivity contribution in [3.63, 3.8) is 0 Å². The highest BCUT2D eigenvalue weighted by Gasteiger charge is 2.21. The van der Waals surface area contributed by atoms with Gasteiger partial charge in [0.1, 0.15) is 0 Å². The molecule has 0 N–H and O–H groups in total. The molecule has 68 valence electrons. The summed E-state index contributed by atoms with van der Waals surface area (Å²) in [6.45, 7) is 2.13. The van der Waals surface area contributed by atoms with E-state index in [1.54, 1.807) is 0 Å². The second kappa shape index (κ2) is 3.26. The molecule has 1 aromatic carbocycles. The molecule has 2 heteroatoms. The average molecular weight is 239 g/mol. The highest BCUT2D eigenvalue weighted by Crippen LogP contribution is 2.27. The average Bonchev–Trinajstić information content (AvgIpc) is 2.06. The maximum Gasteiger partial charge on any atom is 0.163 e. The molecule has 13 heavy (non-hydrogen) atoms. The molecule has 0 amide bonds. The van der Waals surface area contributed by atoms with E-state index in [4.69, 9.17) is 0 Å². The van der Waals surface area contributed by atoms with Gasteiger partial charge in [0.2, 0.25) is 0 Å². The van der Waals surface area contributed by atoms with Gasteiger partial charge in [0, 0.05) is 16.5 Å². The summed E-state index contributed by atoms with van der Waals surface area (Å²) in [5.41, 5.74) is 2.11. The standard InChI is InChI=1S/C11H11BrO/c1-7-4-8-2-3-9(12)6-10(8)11(13)5-7/h2-3,6-7H,4-5H2,1H3. The highest BCUT2D eigenvalue weighted by molar-refractivity contribution is 9.10. The second-order valence-electron chi connectivity index (χ2n) is 3.74. The summed E-state index contributed by atoms with van der Waals surface area (Å²) in [6, 6.07) is 5.99. The number of Topliss-reactive ketones (excluding diaryl/α,β-unsaturated/α-hetero) is 1. The zero-order valence-corrected chi connectivity index (χ0v) is 9.10. The Morgan fingerprint density at radius 1 is 1.38 bits per heavy atom. The highest BCUT2D eigenvalue weighted by atomic mass is 79.9. The molecule has 0 heterocycles. The van der Waals surface area contributed by atoms with E-state index in [1.165, 1.54) is 5.56 Å². The minimum absolute atomic E-state index is 0.287. The summed E-state index contributed by atoms with van der Waals surface area (Å²) in [4.78, 5) is 11.6. The summed E-state index contributed by atoms with van der Waals surface area (Å²) in [7, 11) is 0. The number of carbonyl (C=O) groups is 1. The molecule has 0 aromatic heterocycles. The van der Waals surface area contributed by atoms with Crippen LogP contribution in [0, 0.1) is 5.92 Å².